The normalized spacial score (nSPS) is 19.5. The van der Waals surface area contributed by atoms with Crippen molar-refractivity contribution in [2.75, 3.05) is 13.7 Å². The molecular weight excluding hydrogens is 310 g/mol. The number of rotatable bonds is 7. The van der Waals surface area contributed by atoms with E-state index in [1.165, 1.54) is 7.11 Å². The van der Waals surface area contributed by atoms with Crippen molar-refractivity contribution in [3.63, 3.8) is 0 Å². The molecule has 0 bridgehead atoms. The highest BCUT2D eigenvalue weighted by Gasteiger charge is 2.32. The first kappa shape index (κ1) is 17.8. The van der Waals surface area contributed by atoms with Gasteiger partial charge in [-0.1, -0.05) is 18.6 Å². The van der Waals surface area contributed by atoms with Crippen LogP contribution >= 0.6 is 0 Å². The Labute approximate surface area is 140 Å². The van der Waals surface area contributed by atoms with Crippen LogP contribution in [0.4, 0.5) is 0 Å². The van der Waals surface area contributed by atoms with E-state index in [4.69, 9.17) is 10.5 Å². The predicted octanol–water partition coefficient (Wildman–Crippen LogP) is 0.585. The number of hydrogen-bond donors (Lipinski definition) is 3. The second-order valence-electron chi connectivity index (χ2n) is 5.82. The Morgan fingerprint density at radius 3 is 2.71 bits per heavy atom. The largest absolute Gasteiger partial charge is 0.496 e. The molecule has 1 aliphatic rings. The summed E-state index contributed by atoms with van der Waals surface area (Å²) in [5.74, 6) is -0.682. The second kappa shape index (κ2) is 8.33. The summed E-state index contributed by atoms with van der Waals surface area (Å²) in [6.45, 7) is 0.205. The van der Waals surface area contributed by atoms with Crippen molar-refractivity contribution in [1.82, 2.24) is 10.6 Å². The molecule has 130 valence electrons. The first-order valence-electron chi connectivity index (χ1n) is 8.03. The summed E-state index contributed by atoms with van der Waals surface area (Å²) < 4.78 is 5.13. The summed E-state index contributed by atoms with van der Waals surface area (Å²) >= 11 is 0. The number of methoxy groups -OCH3 is 1. The molecule has 7 nitrogen and oxygen atoms in total. The molecule has 1 aromatic rings. The summed E-state index contributed by atoms with van der Waals surface area (Å²) in [6.07, 6.45) is 2.49. The summed E-state index contributed by atoms with van der Waals surface area (Å²) in [5, 5.41) is 5.52. The molecule has 0 heterocycles. The van der Waals surface area contributed by atoms with E-state index in [2.05, 4.69) is 10.6 Å². The van der Waals surface area contributed by atoms with Crippen LogP contribution in [0.2, 0.25) is 0 Å². The van der Waals surface area contributed by atoms with Gasteiger partial charge in [0.25, 0.3) is 5.91 Å². The maximum absolute atomic E-state index is 12.1. The number of nitrogens with two attached hydrogens (primary N) is 1. The van der Waals surface area contributed by atoms with E-state index in [0.29, 0.717) is 17.7 Å². The van der Waals surface area contributed by atoms with Crippen LogP contribution in [0.3, 0.4) is 0 Å². The molecule has 0 unspecified atom stereocenters. The van der Waals surface area contributed by atoms with Crippen LogP contribution in [0, 0.1) is 5.92 Å². The smallest absolute Gasteiger partial charge is 0.255 e. The van der Waals surface area contributed by atoms with Crippen molar-refractivity contribution < 1.29 is 19.1 Å². The van der Waals surface area contributed by atoms with Gasteiger partial charge in [-0.3, -0.25) is 14.4 Å². The van der Waals surface area contributed by atoms with Crippen LogP contribution in [-0.2, 0) is 9.59 Å². The highest BCUT2D eigenvalue weighted by Crippen LogP contribution is 2.25. The molecule has 0 radical (unpaired) electrons. The van der Waals surface area contributed by atoms with Crippen molar-refractivity contribution in [3.8, 4) is 5.75 Å². The Balaban J connectivity index is 1.78. The van der Waals surface area contributed by atoms with Crippen LogP contribution in [0.5, 0.6) is 5.75 Å². The topological polar surface area (TPSA) is 111 Å². The number of primary amides is 1. The molecule has 0 aromatic heterocycles. The Bertz CT molecular complexity index is 618. The van der Waals surface area contributed by atoms with Crippen LogP contribution in [0.15, 0.2) is 24.3 Å². The van der Waals surface area contributed by atoms with E-state index < -0.39 is 0 Å². The first-order chi connectivity index (χ1) is 11.5. The molecular formula is C17H23N3O4. The minimum absolute atomic E-state index is 0.142. The van der Waals surface area contributed by atoms with Crippen molar-refractivity contribution in [2.45, 2.75) is 31.7 Å². The molecule has 1 aromatic carbocycles. The van der Waals surface area contributed by atoms with Gasteiger partial charge in [-0.2, -0.15) is 0 Å². The Kier molecular flexibility index (Phi) is 6.17. The van der Waals surface area contributed by atoms with Gasteiger partial charge in [0.05, 0.1) is 18.6 Å². The van der Waals surface area contributed by atoms with Crippen molar-refractivity contribution >= 4 is 17.7 Å². The zero-order valence-corrected chi connectivity index (χ0v) is 13.7. The lowest BCUT2D eigenvalue weighted by Gasteiger charge is -2.18. The fourth-order valence-corrected chi connectivity index (χ4v) is 2.97. The van der Waals surface area contributed by atoms with Gasteiger partial charge < -0.3 is 21.1 Å². The van der Waals surface area contributed by atoms with Crippen LogP contribution in [-0.4, -0.2) is 37.4 Å². The van der Waals surface area contributed by atoms with Gasteiger partial charge in [-0.25, -0.2) is 0 Å². The zero-order valence-electron chi connectivity index (χ0n) is 13.7. The second-order valence-corrected chi connectivity index (χ2v) is 5.82. The third-order valence-corrected chi connectivity index (χ3v) is 4.22. The quantitative estimate of drug-likeness (QED) is 0.678. The van der Waals surface area contributed by atoms with Gasteiger partial charge >= 0.3 is 0 Å². The van der Waals surface area contributed by atoms with Crippen LogP contribution in [0.1, 0.15) is 36.0 Å². The number of para-hydroxylation sites is 1. The number of hydrogen-bond acceptors (Lipinski definition) is 4. The number of nitrogens with one attached hydrogen (secondary N) is 2. The average Bonchev–Trinajstić information content (AvgIpc) is 3.03. The number of carbonyl (C=O) groups excluding carboxylic acids is 3. The minimum atomic E-state index is -0.373. The van der Waals surface area contributed by atoms with Crippen molar-refractivity contribution in [1.29, 1.82) is 0 Å². The lowest BCUT2D eigenvalue weighted by Crippen LogP contribution is -2.43. The van der Waals surface area contributed by atoms with E-state index in [1.807, 2.05) is 0 Å². The number of amides is 3. The third kappa shape index (κ3) is 4.47. The van der Waals surface area contributed by atoms with E-state index in [9.17, 15) is 14.4 Å². The minimum Gasteiger partial charge on any atom is -0.496 e. The van der Waals surface area contributed by atoms with E-state index >= 15 is 0 Å². The monoisotopic (exact) mass is 333 g/mol. The zero-order chi connectivity index (χ0) is 17.5. The van der Waals surface area contributed by atoms with Gasteiger partial charge in [-0.05, 0) is 25.0 Å². The molecule has 4 N–H and O–H groups in total. The third-order valence-electron chi connectivity index (χ3n) is 4.22. The first-order valence-corrected chi connectivity index (χ1v) is 8.03. The molecule has 2 atom stereocenters. The maximum atomic E-state index is 12.1. The molecule has 1 aliphatic carbocycles. The number of ether oxygens (including phenoxy) is 1. The maximum Gasteiger partial charge on any atom is 0.255 e. The fourth-order valence-electron chi connectivity index (χ4n) is 2.97. The molecule has 1 saturated carbocycles. The molecule has 1 fully saturated rings. The fraction of sp³-hybridized carbons (Fsp3) is 0.471. The molecule has 2 rings (SSSR count). The predicted molar refractivity (Wildman–Crippen MR) is 88.4 cm³/mol. The Morgan fingerprint density at radius 1 is 1.25 bits per heavy atom. The lowest BCUT2D eigenvalue weighted by molar-refractivity contribution is -0.124. The van der Waals surface area contributed by atoms with Crippen LogP contribution < -0.4 is 21.1 Å². The van der Waals surface area contributed by atoms with E-state index in [1.54, 1.807) is 24.3 Å². The highest BCUT2D eigenvalue weighted by atomic mass is 16.5. The molecule has 0 spiro atoms. The molecule has 0 saturated heterocycles. The van der Waals surface area contributed by atoms with Crippen molar-refractivity contribution in [3.05, 3.63) is 29.8 Å². The summed E-state index contributed by atoms with van der Waals surface area (Å²) in [7, 11) is 1.50. The molecule has 7 heteroatoms. The van der Waals surface area contributed by atoms with Crippen molar-refractivity contribution in [2.24, 2.45) is 11.7 Å². The molecule has 0 aliphatic heterocycles. The van der Waals surface area contributed by atoms with E-state index in [-0.39, 0.29) is 42.6 Å². The Morgan fingerprint density at radius 2 is 2.00 bits per heavy atom. The summed E-state index contributed by atoms with van der Waals surface area (Å²) in [6, 6.07) is 6.68. The standard InChI is InChI=1S/C17H23N3O4/c1-24-14-8-3-2-5-12(14)17(23)19-10-9-15(21)20-13-7-4-6-11(13)16(18)22/h2-3,5,8,11,13H,4,6-7,9-10H2,1H3,(H2,18,22)(H,19,23)(H,20,21)/t11-,13-/m1/s1. The van der Waals surface area contributed by atoms with E-state index in [0.717, 1.165) is 12.8 Å². The lowest BCUT2D eigenvalue weighted by atomic mass is 10.0. The van der Waals surface area contributed by atoms with Gasteiger partial charge in [0, 0.05) is 19.0 Å². The Hall–Kier alpha value is -2.57. The van der Waals surface area contributed by atoms with Gasteiger partial charge in [0.1, 0.15) is 5.75 Å². The average molecular weight is 333 g/mol. The van der Waals surface area contributed by atoms with Gasteiger partial charge in [0.2, 0.25) is 11.8 Å². The number of carbonyl (C=O) groups is 3. The highest BCUT2D eigenvalue weighted by molar-refractivity contribution is 5.97. The summed E-state index contributed by atoms with van der Waals surface area (Å²) in [4.78, 5) is 35.4. The number of benzene rings is 1. The van der Waals surface area contributed by atoms with Gasteiger partial charge in [0.15, 0.2) is 0 Å². The SMILES string of the molecule is COc1ccccc1C(=O)NCCC(=O)N[C@@H]1CCC[C@H]1C(N)=O. The summed E-state index contributed by atoms with van der Waals surface area (Å²) in [5.41, 5.74) is 5.76. The molecule has 3 amide bonds. The van der Waals surface area contributed by atoms with Crippen LogP contribution in [0.25, 0.3) is 0 Å². The molecule has 24 heavy (non-hydrogen) atoms. The van der Waals surface area contributed by atoms with Gasteiger partial charge in [-0.15, -0.1) is 0 Å².